The number of Topliss-reactive ketones (excluding diaryl/α,β-unsaturated/α-hetero) is 1. The summed E-state index contributed by atoms with van der Waals surface area (Å²) in [7, 11) is 0. The summed E-state index contributed by atoms with van der Waals surface area (Å²) in [5.41, 5.74) is 0. The quantitative estimate of drug-likeness (QED) is 0.610. The fraction of sp³-hybridized carbons (Fsp3) is 0.778. The minimum atomic E-state index is 0.0536. The Balaban J connectivity index is 2.35. The molecule has 68 valence electrons. The highest BCUT2D eigenvalue weighted by molar-refractivity contribution is 5.84. The van der Waals surface area contributed by atoms with Gasteiger partial charge in [0.05, 0.1) is 5.92 Å². The van der Waals surface area contributed by atoms with Gasteiger partial charge in [-0.05, 0) is 6.92 Å². The molecular formula is C9H15NO2. The fourth-order valence-electron chi connectivity index (χ4n) is 1.28. The van der Waals surface area contributed by atoms with Crippen LogP contribution in [0.2, 0.25) is 0 Å². The molecule has 12 heavy (non-hydrogen) atoms. The largest absolute Gasteiger partial charge is 0.341 e. The molecule has 0 aliphatic carbocycles. The van der Waals surface area contributed by atoms with E-state index in [1.54, 1.807) is 11.8 Å². The van der Waals surface area contributed by atoms with Crippen molar-refractivity contribution in [1.82, 2.24) is 4.90 Å². The molecule has 1 aliphatic rings. The van der Waals surface area contributed by atoms with Crippen LogP contribution in [0.15, 0.2) is 0 Å². The van der Waals surface area contributed by atoms with Crippen LogP contribution < -0.4 is 0 Å². The Hall–Kier alpha value is -0.860. The molecule has 1 aliphatic heterocycles. The van der Waals surface area contributed by atoms with E-state index in [1.165, 1.54) is 0 Å². The van der Waals surface area contributed by atoms with E-state index >= 15 is 0 Å². The maximum absolute atomic E-state index is 11.3. The van der Waals surface area contributed by atoms with Crippen LogP contribution in [0, 0.1) is 11.8 Å². The van der Waals surface area contributed by atoms with Crippen LogP contribution in [0.25, 0.3) is 0 Å². The van der Waals surface area contributed by atoms with E-state index in [4.69, 9.17) is 0 Å². The molecule has 1 amide bonds. The molecule has 3 heteroatoms. The molecule has 0 aromatic carbocycles. The van der Waals surface area contributed by atoms with Gasteiger partial charge in [-0.2, -0.15) is 0 Å². The summed E-state index contributed by atoms with van der Waals surface area (Å²) in [4.78, 5) is 23.9. The number of rotatable bonds is 2. The lowest BCUT2D eigenvalue weighted by atomic mass is 9.95. The third-order valence-electron chi connectivity index (χ3n) is 2.26. The average molecular weight is 169 g/mol. The molecule has 0 aromatic rings. The van der Waals surface area contributed by atoms with Crippen molar-refractivity contribution in [1.29, 1.82) is 0 Å². The van der Waals surface area contributed by atoms with Crippen molar-refractivity contribution < 1.29 is 9.59 Å². The van der Waals surface area contributed by atoms with E-state index in [1.807, 2.05) is 13.8 Å². The standard InChI is InChI=1S/C9H15NO2/c1-6(2)9(12)10-4-8(5-10)7(3)11/h6,8H,4-5H2,1-3H3. The van der Waals surface area contributed by atoms with E-state index in [0.29, 0.717) is 13.1 Å². The van der Waals surface area contributed by atoms with E-state index in [0.717, 1.165) is 0 Å². The van der Waals surface area contributed by atoms with Crippen LogP contribution in [0.4, 0.5) is 0 Å². The highest BCUT2D eigenvalue weighted by Crippen LogP contribution is 2.18. The first-order chi connectivity index (χ1) is 5.52. The molecule has 0 N–H and O–H groups in total. The topological polar surface area (TPSA) is 37.4 Å². The Morgan fingerprint density at radius 3 is 2.17 bits per heavy atom. The van der Waals surface area contributed by atoms with Crippen molar-refractivity contribution in [2.24, 2.45) is 11.8 Å². The summed E-state index contributed by atoms with van der Waals surface area (Å²) in [5.74, 6) is 0.515. The van der Waals surface area contributed by atoms with Crippen LogP contribution in [-0.2, 0) is 9.59 Å². The van der Waals surface area contributed by atoms with Gasteiger partial charge in [-0.15, -0.1) is 0 Å². The predicted octanol–water partition coefficient (Wildman–Crippen LogP) is 0.690. The molecule has 1 fully saturated rings. The molecule has 0 bridgehead atoms. The molecule has 0 spiro atoms. The van der Waals surface area contributed by atoms with Crippen LogP contribution in [0.5, 0.6) is 0 Å². The monoisotopic (exact) mass is 169 g/mol. The van der Waals surface area contributed by atoms with Gasteiger partial charge in [0.15, 0.2) is 0 Å². The normalized spacial score (nSPS) is 17.8. The Labute approximate surface area is 72.7 Å². The Morgan fingerprint density at radius 2 is 1.83 bits per heavy atom. The van der Waals surface area contributed by atoms with Crippen LogP contribution >= 0.6 is 0 Å². The summed E-state index contributed by atoms with van der Waals surface area (Å²) in [6.07, 6.45) is 0. The van der Waals surface area contributed by atoms with Gasteiger partial charge in [-0.3, -0.25) is 9.59 Å². The molecule has 1 saturated heterocycles. The van der Waals surface area contributed by atoms with Gasteiger partial charge in [-0.1, -0.05) is 13.8 Å². The fourth-order valence-corrected chi connectivity index (χ4v) is 1.28. The summed E-state index contributed by atoms with van der Waals surface area (Å²) in [5, 5.41) is 0. The Bertz CT molecular complexity index is 205. The summed E-state index contributed by atoms with van der Waals surface area (Å²) < 4.78 is 0. The maximum Gasteiger partial charge on any atom is 0.225 e. The lowest BCUT2D eigenvalue weighted by molar-refractivity contribution is -0.144. The number of hydrogen-bond donors (Lipinski definition) is 0. The minimum absolute atomic E-state index is 0.0536. The number of likely N-dealkylation sites (tertiary alicyclic amines) is 1. The van der Waals surface area contributed by atoms with Crippen molar-refractivity contribution >= 4 is 11.7 Å². The zero-order valence-electron chi connectivity index (χ0n) is 7.83. The van der Waals surface area contributed by atoms with Crippen molar-refractivity contribution in [2.45, 2.75) is 20.8 Å². The summed E-state index contributed by atoms with van der Waals surface area (Å²) in [6.45, 7) is 6.60. The van der Waals surface area contributed by atoms with Gasteiger partial charge in [-0.25, -0.2) is 0 Å². The number of carbonyl (C=O) groups is 2. The van der Waals surface area contributed by atoms with Crippen molar-refractivity contribution in [2.75, 3.05) is 13.1 Å². The minimum Gasteiger partial charge on any atom is -0.341 e. The second-order valence-corrected chi connectivity index (χ2v) is 3.71. The van der Waals surface area contributed by atoms with Gasteiger partial charge in [0.2, 0.25) is 5.91 Å². The van der Waals surface area contributed by atoms with Gasteiger partial charge in [0, 0.05) is 19.0 Å². The first-order valence-corrected chi connectivity index (χ1v) is 4.31. The smallest absolute Gasteiger partial charge is 0.225 e. The Kier molecular flexibility index (Phi) is 2.50. The molecule has 3 nitrogen and oxygen atoms in total. The molecule has 0 aromatic heterocycles. The maximum atomic E-state index is 11.3. The lowest BCUT2D eigenvalue weighted by Crippen LogP contribution is -2.53. The third-order valence-corrected chi connectivity index (χ3v) is 2.26. The zero-order chi connectivity index (χ0) is 9.30. The molecule has 0 saturated carbocycles. The number of nitrogens with zero attached hydrogens (tertiary/aromatic N) is 1. The number of amides is 1. The lowest BCUT2D eigenvalue weighted by Gasteiger charge is -2.38. The van der Waals surface area contributed by atoms with Crippen LogP contribution in [0.3, 0.4) is 0 Å². The summed E-state index contributed by atoms with van der Waals surface area (Å²) in [6, 6.07) is 0. The molecule has 1 heterocycles. The highest BCUT2D eigenvalue weighted by atomic mass is 16.2. The van der Waals surface area contributed by atoms with Crippen LogP contribution in [0.1, 0.15) is 20.8 Å². The van der Waals surface area contributed by atoms with Gasteiger partial charge < -0.3 is 4.90 Å². The van der Waals surface area contributed by atoms with Gasteiger partial charge in [0.25, 0.3) is 0 Å². The first-order valence-electron chi connectivity index (χ1n) is 4.31. The van der Waals surface area contributed by atoms with Gasteiger partial charge >= 0.3 is 0 Å². The Morgan fingerprint density at radius 1 is 1.33 bits per heavy atom. The van der Waals surface area contributed by atoms with Crippen molar-refractivity contribution in [3.63, 3.8) is 0 Å². The average Bonchev–Trinajstić information content (AvgIpc) is 1.82. The zero-order valence-corrected chi connectivity index (χ0v) is 7.83. The van der Waals surface area contributed by atoms with E-state index in [9.17, 15) is 9.59 Å². The first kappa shape index (κ1) is 9.23. The van der Waals surface area contributed by atoms with Crippen molar-refractivity contribution in [3.05, 3.63) is 0 Å². The third kappa shape index (κ3) is 1.65. The molecule has 0 atom stereocenters. The van der Waals surface area contributed by atoms with E-state index < -0.39 is 0 Å². The molecular weight excluding hydrogens is 154 g/mol. The molecule has 0 radical (unpaired) electrons. The van der Waals surface area contributed by atoms with Gasteiger partial charge in [0.1, 0.15) is 5.78 Å². The van der Waals surface area contributed by atoms with E-state index in [2.05, 4.69) is 0 Å². The van der Waals surface area contributed by atoms with Crippen LogP contribution in [-0.4, -0.2) is 29.7 Å². The number of hydrogen-bond acceptors (Lipinski definition) is 2. The number of ketones is 1. The SMILES string of the molecule is CC(=O)C1CN(C(=O)C(C)C)C1. The highest BCUT2D eigenvalue weighted by Gasteiger charge is 2.33. The number of carbonyl (C=O) groups excluding carboxylic acids is 2. The molecule has 1 rings (SSSR count). The molecule has 0 unspecified atom stereocenters. The van der Waals surface area contributed by atoms with E-state index in [-0.39, 0.29) is 23.5 Å². The second-order valence-electron chi connectivity index (χ2n) is 3.71. The van der Waals surface area contributed by atoms with Crippen molar-refractivity contribution in [3.8, 4) is 0 Å². The summed E-state index contributed by atoms with van der Waals surface area (Å²) >= 11 is 0. The second kappa shape index (κ2) is 3.25. The predicted molar refractivity (Wildman–Crippen MR) is 45.6 cm³/mol.